The van der Waals surface area contributed by atoms with Gasteiger partial charge in [0.2, 0.25) is 5.95 Å². The second kappa shape index (κ2) is 5.60. The van der Waals surface area contributed by atoms with Gasteiger partial charge in [0.1, 0.15) is 5.82 Å². The number of allylic oxidation sites excluding steroid dienone is 1. The van der Waals surface area contributed by atoms with Crippen LogP contribution in [0.5, 0.6) is 0 Å². The average Bonchev–Trinajstić information content (AvgIpc) is 2.53. The van der Waals surface area contributed by atoms with Crippen molar-refractivity contribution in [2.24, 2.45) is 0 Å². The predicted molar refractivity (Wildman–Crippen MR) is 85.9 cm³/mol. The number of nitrogens with two attached hydrogens (primary N) is 1. The average molecular weight is 312 g/mol. The minimum atomic E-state index is -0.572. The third-order valence-electron chi connectivity index (χ3n) is 3.80. The van der Waals surface area contributed by atoms with Crippen LogP contribution >= 0.6 is 0 Å². The van der Waals surface area contributed by atoms with Gasteiger partial charge in [-0.3, -0.25) is 9.78 Å². The van der Waals surface area contributed by atoms with E-state index in [9.17, 15) is 9.59 Å². The minimum absolute atomic E-state index is 0.0161. The molecule has 7 heteroatoms. The van der Waals surface area contributed by atoms with E-state index in [1.165, 1.54) is 7.11 Å². The summed E-state index contributed by atoms with van der Waals surface area (Å²) in [6.07, 6.45) is 0. The predicted octanol–water partition coefficient (Wildman–Crippen LogP) is 1.36. The Labute approximate surface area is 132 Å². The molecule has 1 aromatic heterocycles. The Balaban J connectivity index is 2.31. The number of nitrogen functional groups attached to an aromatic ring is 1. The number of esters is 1. The van der Waals surface area contributed by atoms with Crippen molar-refractivity contribution in [3.05, 3.63) is 63.1 Å². The highest BCUT2D eigenvalue weighted by Crippen LogP contribution is 2.39. The molecule has 0 saturated carbocycles. The van der Waals surface area contributed by atoms with E-state index in [1.807, 2.05) is 30.3 Å². The van der Waals surface area contributed by atoms with E-state index < -0.39 is 11.9 Å². The van der Waals surface area contributed by atoms with Crippen molar-refractivity contribution in [1.82, 2.24) is 9.97 Å². The zero-order valence-electron chi connectivity index (χ0n) is 12.7. The Hall–Kier alpha value is -3.09. The van der Waals surface area contributed by atoms with Crippen molar-refractivity contribution >= 4 is 17.7 Å². The van der Waals surface area contributed by atoms with Crippen LogP contribution in [0.4, 0.5) is 11.8 Å². The molecule has 4 N–H and O–H groups in total. The first kappa shape index (κ1) is 14.8. The Morgan fingerprint density at radius 3 is 2.65 bits per heavy atom. The first-order valence-electron chi connectivity index (χ1n) is 7.03. The van der Waals surface area contributed by atoms with Gasteiger partial charge in [-0.1, -0.05) is 30.3 Å². The van der Waals surface area contributed by atoms with Crippen molar-refractivity contribution in [2.75, 3.05) is 18.2 Å². The largest absolute Gasteiger partial charge is 0.466 e. The van der Waals surface area contributed by atoms with E-state index in [-0.39, 0.29) is 11.5 Å². The second-order valence-corrected chi connectivity index (χ2v) is 5.21. The lowest BCUT2D eigenvalue weighted by Gasteiger charge is -2.28. The molecule has 0 fully saturated rings. The summed E-state index contributed by atoms with van der Waals surface area (Å²) >= 11 is 0. The first-order chi connectivity index (χ1) is 11.0. The molecule has 1 aliphatic heterocycles. The third kappa shape index (κ3) is 2.46. The van der Waals surface area contributed by atoms with Gasteiger partial charge in [0.05, 0.1) is 24.2 Å². The second-order valence-electron chi connectivity index (χ2n) is 5.21. The summed E-state index contributed by atoms with van der Waals surface area (Å²) < 4.78 is 4.90. The zero-order valence-corrected chi connectivity index (χ0v) is 12.7. The Morgan fingerprint density at radius 2 is 2.00 bits per heavy atom. The van der Waals surface area contributed by atoms with Gasteiger partial charge in [-0.05, 0) is 12.5 Å². The van der Waals surface area contributed by atoms with Gasteiger partial charge < -0.3 is 15.8 Å². The molecule has 0 amide bonds. The van der Waals surface area contributed by atoms with Gasteiger partial charge in [-0.25, -0.2) is 4.79 Å². The van der Waals surface area contributed by atoms with Crippen LogP contribution in [0.1, 0.15) is 24.0 Å². The number of fused-ring (bicyclic) bond motifs is 1. The molecule has 0 unspecified atom stereocenters. The van der Waals surface area contributed by atoms with Crippen LogP contribution in [-0.2, 0) is 9.53 Å². The molecule has 0 aliphatic carbocycles. The van der Waals surface area contributed by atoms with Crippen LogP contribution < -0.4 is 16.6 Å². The highest BCUT2D eigenvalue weighted by molar-refractivity contribution is 5.94. The summed E-state index contributed by atoms with van der Waals surface area (Å²) in [5, 5.41) is 2.97. The molecule has 1 aliphatic rings. The number of aromatic amines is 1. The number of ether oxygens (including phenoxy) is 1. The number of nitrogens with one attached hydrogen (secondary N) is 2. The van der Waals surface area contributed by atoms with Gasteiger partial charge in [0, 0.05) is 5.70 Å². The number of rotatable bonds is 2. The molecule has 0 saturated heterocycles. The molecule has 23 heavy (non-hydrogen) atoms. The fourth-order valence-corrected chi connectivity index (χ4v) is 2.83. The quantitative estimate of drug-likeness (QED) is 0.722. The van der Waals surface area contributed by atoms with Crippen LogP contribution in [0.25, 0.3) is 0 Å². The smallest absolute Gasteiger partial charge is 0.336 e. The van der Waals surface area contributed by atoms with Crippen molar-refractivity contribution in [2.45, 2.75) is 12.8 Å². The number of nitrogens with zero attached hydrogens (tertiary/aromatic N) is 1. The SMILES string of the molecule is COC(=O)C1=C(C)Nc2nc(N)[nH]c(=O)c2[C@H]1c1ccccc1. The number of methoxy groups -OCH3 is 1. The topological polar surface area (TPSA) is 110 Å². The summed E-state index contributed by atoms with van der Waals surface area (Å²) in [4.78, 5) is 31.3. The van der Waals surface area contributed by atoms with Crippen molar-refractivity contribution in [3.63, 3.8) is 0 Å². The molecule has 118 valence electrons. The van der Waals surface area contributed by atoms with E-state index in [1.54, 1.807) is 6.92 Å². The molecular weight excluding hydrogens is 296 g/mol. The van der Waals surface area contributed by atoms with Gasteiger partial charge in [0.25, 0.3) is 5.56 Å². The van der Waals surface area contributed by atoms with Gasteiger partial charge in [0.15, 0.2) is 0 Å². The highest BCUT2D eigenvalue weighted by Gasteiger charge is 2.35. The fraction of sp³-hybridized carbons (Fsp3) is 0.188. The molecular formula is C16H16N4O3. The number of hydrogen-bond acceptors (Lipinski definition) is 6. The van der Waals surface area contributed by atoms with Gasteiger partial charge in [-0.2, -0.15) is 4.98 Å². The molecule has 1 atom stereocenters. The van der Waals surface area contributed by atoms with E-state index in [0.717, 1.165) is 5.56 Å². The van der Waals surface area contributed by atoms with E-state index >= 15 is 0 Å². The summed E-state index contributed by atoms with van der Waals surface area (Å²) in [5.74, 6) is -0.699. The highest BCUT2D eigenvalue weighted by atomic mass is 16.5. The van der Waals surface area contributed by atoms with Crippen molar-refractivity contribution < 1.29 is 9.53 Å². The number of anilines is 2. The summed E-state index contributed by atoms with van der Waals surface area (Å²) in [5.41, 5.74) is 7.33. The Kier molecular flexibility index (Phi) is 3.61. The molecule has 7 nitrogen and oxygen atoms in total. The lowest BCUT2D eigenvalue weighted by Crippen LogP contribution is -2.31. The zero-order chi connectivity index (χ0) is 16.6. The fourth-order valence-electron chi connectivity index (χ4n) is 2.83. The van der Waals surface area contributed by atoms with Gasteiger partial charge in [-0.15, -0.1) is 0 Å². The molecule has 3 rings (SSSR count). The lowest BCUT2D eigenvalue weighted by molar-refractivity contribution is -0.136. The van der Waals surface area contributed by atoms with E-state index in [2.05, 4.69) is 15.3 Å². The number of H-pyrrole nitrogens is 1. The molecule has 0 bridgehead atoms. The summed E-state index contributed by atoms with van der Waals surface area (Å²) in [7, 11) is 1.31. The van der Waals surface area contributed by atoms with Crippen LogP contribution in [0.3, 0.4) is 0 Å². The maximum Gasteiger partial charge on any atom is 0.336 e. The maximum atomic E-state index is 12.4. The lowest BCUT2D eigenvalue weighted by atomic mass is 9.82. The third-order valence-corrected chi connectivity index (χ3v) is 3.80. The normalized spacial score (nSPS) is 16.5. The summed E-state index contributed by atoms with van der Waals surface area (Å²) in [6, 6.07) is 9.27. The van der Waals surface area contributed by atoms with Crippen molar-refractivity contribution in [3.8, 4) is 0 Å². The van der Waals surface area contributed by atoms with Crippen LogP contribution in [0, 0.1) is 0 Å². The van der Waals surface area contributed by atoms with Crippen molar-refractivity contribution in [1.29, 1.82) is 0 Å². The number of aromatic nitrogens is 2. The number of carbonyl (C=O) groups is 1. The van der Waals surface area contributed by atoms with Crippen LogP contribution in [-0.4, -0.2) is 23.0 Å². The Morgan fingerprint density at radius 1 is 1.30 bits per heavy atom. The Bertz CT molecular complexity index is 855. The van der Waals surface area contributed by atoms with Crippen LogP contribution in [0.15, 0.2) is 46.4 Å². The number of benzene rings is 1. The van der Waals surface area contributed by atoms with Gasteiger partial charge >= 0.3 is 5.97 Å². The molecule has 2 aromatic rings. The van der Waals surface area contributed by atoms with Crippen LogP contribution in [0.2, 0.25) is 0 Å². The monoisotopic (exact) mass is 312 g/mol. The standard InChI is InChI=1S/C16H16N4O3/c1-8-10(15(22)23-2)11(9-6-4-3-5-7-9)12-13(18-8)19-16(17)20-14(12)21/h3-7,11H,1-2H3,(H4,17,18,19,20,21)/t11-/m0/s1. The maximum absolute atomic E-state index is 12.4. The van der Waals surface area contributed by atoms with E-state index in [4.69, 9.17) is 10.5 Å². The minimum Gasteiger partial charge on any atom is -0.466 e. The number of carbonyl (C=O) groups excluding carboxylic acids is 1. The molecule has 0 radical (unpaired) electrons. The summed E-state index contributed by atoms with van der Waals surface area (Å²) in [6.45, 7) is 1.74. The molecule has 0 spiro atoms. The van der Waals surface area contributed by atoms with E-state index in [0.29, 0.717) is 22.7 Å². The number of hydrogen-bond donors (Lipinski definition) is 3. The molecule has 2 heterocycles. The first-order valence-corrected chi connectivity index (χ1v) is 7.03. The molecule has 1 aromatic carbocycles.